The van der Waals surface area contributed by atoms with Gasteiger partial charge in [-0.25, -0.2) is 0 Å². The van der Waals surface area contributed by atoms with Crippen molar-refractivity contribution >= 4 is 35.1 Å². The minimum absolute atomic E-state index is 0.0117. The molecular weight excluding hydrogens is 376 g/mol. The zero-order valence-corrected chi connectivity index (χ0v) is 16.3. The third-order valence-electron chi connectivity index (χ3n) is 4.12. The van der Waals surface area contributed by atoms with Gasteiger partial charge in [0.15, 0.2) is 6.61 Å². The number of nitrogens with one attached hydrogen (secondary N) is 1. The Kier molecular flexibility index (Phi) is 7.29. The van der Waals surface area contributed by atoms with Gasteiger partial charge in [0.2, 0.25) is 5.91 Å². The predicted molar refractivity (Wildman–Crippen MR) is 99.3 cm³/mol. The van der Waals surface area contributed by atoms with E-state index in [1.807, 2.05) is 6.92 Å². The van der Waals surface area contributed by atoms with Crippen LogP contribution in [0, 0.1) is 5.92 Å². The zero-order chi connectivity index (χ0) is 20.0. The Balaban J connectivity index is 2.06. The first-order valence-electron chi connectivity index (χ1n) is 8.56. The summed E-state index contributed by atoms with van der Waals surface area (Å²) in [6.45, 7) is 2.20. The lowest BCUT2D eigenvalue weighted by Gasteiger charge is -2.20. The first-order chi connectivity index (χ1) is 12.9. The number of methoxy groups -OCH3 is 2. The predicted octanol–water partition coefficient (Wildman–Crippen LogP) is 1.78. The fourth-order valence-corrected chi connectivity index (χ4v) is 2.96. The quantitative estimate of drug-likeness (QED) is 0.671. The van der Waals surface area contributed by atoms with Gasteiger partial charge in [-0.15, -0.1) is 0 Å². The van der Waals surface area contributed by atoms with Crippen molar-refractivity contribution in [3.63, 3.8) is 0 Å². The van der Waals surface area contributed by atoms with Gasteiger partial charge in [0.25, 0.3) is 5.91 Å². The summed E-state index contributed by atoms with van der Waals surface area (Å²) in [6.07, 6.45) is 0.778. The highest BCUT2D eigenvalue weighted by Gasteiger charge is 2.37. The molecule has 1 aliphatic heterocycles. The summed E-state index contributed by atoms with van der Waals surface area (Å²) in [4.78, 5) is 37.6. The SMILES string of the molecule is CCCNC(=O)COC(=O)[C@@H]1CC(=O)N(c2cc(Cl)c(OC)cc2OC)C1. The number of amides is 2. The largest absolute Gasteiger partial charge is 0.495 e. The molecule has 0 aliphatic carbocycles. The Hall–Kier alpha value is -2.48. The third kappa shape index (κ3) is 5.03. The topological polar surface area (TPSA) is 94.2 Å². The van der Waals surface area contributed by atoms with Crippen LogP contribution in [-0.4, -0.2) is 51.7 Å². The molecule has 2 rings (SSSR count). The van der Waals surface area contributed by atoms with E-state index in [0.29, 0.717) is 28.8 Å². The van der Waals surface area contributed by atoms with E-state index in [1.54, 1.807) is 12.1 Å². The monoisotopic (exact) mass is 398 g/mol. The molecule has 8 nitrogen and oxygen atoms in total. The van der Waals surface area contributed by atoms with Crippen LogP contribution >= 0.6 is 11.6 Å². The van der Waals surface area contributed by atoms with Crippen LogP contribution in [0.5, 0.6) is 11.5 Å². The van der Waals surface area contributed by atoms with Crippen molar-refractivity contribution in [1.82, 2.24) is 5.32 Å². The zero-order valence-electron chi connectivity index (χ0n) is 15.5. The van der Waals surface area contributed by atoms with Crippen molar-refractivity contribution in [1.29, 1.82) is 0 Å². The van der Waals surface area contributed by atoms with E-state index in [2.05, 4.69) is 5.32 Å². The maximum absolute atomic E-state index is 12.4. The summed E-state index contributed by atoms with van der Waals surface area (Å²) in [5.74, 6) is -1.06. The summed E-state index contributed by atoms with van der Waals surface area (Å²) in [7, 11) is 2.94. The standard InChI is InChI=1S/C18H23ClN2O6/c1-4-5-20-16(22)10-27-18(24)11-6-17(23)21(9-11)13-7-12(19)14(25-2)8-15(13)26-3/h7-8,11H,4-6,9-10H2,1-3H3,(H,20,22)/t11-/m1/s1. The van der Waals surface area contributed by atoms with Crippen molar-refractivity contribution in [2.24, 2.45) is 5.92 Å². The van der Waals surface area contributed by atoms with Crippen LogP contribution in [0.4, 0.5) is 5.69 Å². The van der Waals surface area contributed by atoms with Crippen LogP contribution in [0.1, 0.15) is 19.8 Å². The van der Waals surface area contributed by atoms with E-state index < -0.39 is 11.9 Å². The van der Waals surface area contributed by atoms with Crippen molar-refractivity contribution < 1.29 is 28.6 Å². The van der Waals surface area contributed by atoms with Gasteiger partial charge >= 0.3 is 5.97 Å². The Bertz CT molecular complexity index is 724. The second-order valence-corrected chi connectivity index (χ2v) is 6.43. The van der Waals surface area contributed by atoms with Crippen LogP contribution in [0.25, 0.3) is 0 Å². The molecule has 1 aromatic rings. The molecule has 0 unspecified atom stereocenters. The van der Waals surface area contributed by atoms with Crippen LogP contribution in [0.15, 0.2) is 12.1 Å². The Morgan fingerprint density at radius 2 is 1.96 bits per heavy atom. The average molecular weight is 399 g/mol. The lowest BCUT2D eigenvalue weighted by molar-refractivity contribution is -0.152. The van der Waals surface area contributed by atoms with E-state index in [4.69, 9.17) is 25.8 Å². The maximum atomic E-state index is 12.4. The molecule has 1 aliphatic rings. The molecule has 0 bridgehead atoms. The highest BCUT2D eigenvalue weighted by Crippen LogP contribution is 2.40. The number of ether oxygens (including phenoxy) is 3. The number of carbonyl (C=O) groups is 3. The lowest BCUT2D eigenvalue weighted by atomic mass is 10.1. The van der Waals surface area contributed by atoms with Crippen LogP contribution < -0.4 is 19.7 Å². The first-order valence-corrected chi connectivity index (χ1v) is 8.94. The molecule has 2 amide bonds. The number of benzene rings is 1. The molecule has 148 valence electrons. The number of halogens is 1. The van der Waals surface area contributed by atoms with E-state index in [1.165, 1.54) is 19.1 Å². The number of rotatable bonds is 8. The molecule has 1 aromatic carbocycles. The molecule has 1 atom stereocenters. The molecule has 1 heterocycles. The van der Waals surface area contributed by atoms with Gasteiger partial charge in [-0.1, -0.05) is 18.5 Å². The van der Waals surface area contributed by atoms with Gasteiger partial charge in [-0.2, -0.15) is 0 Å². The number of anilines is 1. The molecule has 0 saturated carbocycles. The van der Waals surface area contributed by atoms with Crippen LogP contribution in [0.3, 0.4) is 0 Å². The molecular formula is C18H23ClN2O6. The van der Waals surface area contributed by atoms with Crippen molar-refractivity contribution in [2.45, 2.75) is 19.8 Å². The minimum Gasteiger partial charge on any atom is -0.495 e. The van der Waals surface area contributed by atoms with Crippen LogP contribution in [0.2, 0.25) is 5.02 Å². The number of hydrogen-bond acceptors (Lipinski definition) is 6. The molecule has 9 heteroatoms. The first kappa shape index (κ1) is 20.8. The molecule has 0 radical (unpaired) electrons. The fraction of sp³-hybridized carbons (Fsp3) is 0.500. The van der Waals surface area contributed by atoms with Gasteiger partial charge in [0, 0.05) is 25.6 Å². The summed E-state index contributed by atoms with van der Waals surface area (Å²) in [5, 5.41) is 2.94. The molecule has 0 spiro atoms. The van der Waals surface area contributed by atoms with Crippen molar-refractivity contribution in [3.05, 3.63) is 17.2 Å². The number of nitrogens with zero attached hydrogens (tertiary/aromatic N) is 1. The molecule has 1 N–H and O–H groups in total. The average Bonchev–Trinajstić information content (AvgIpc) is 3.05. The number of hydrogen-bond donors (Lipinski definition) is 1. The molecule has 1 fully saturated rings. The maximum Gasteiger partial charge on any atom is 0.311 e. The van der Waals surface area contributed by atoms with E-state index >= 15 is 0 Å². The summed E-state index contributed by atoms with van der Waals surface area (Å²) >= 11 is 6.16. The summed E-state index contributed by atoms with van der Waals surface area (Å²) in [5.41, 5.74) is 0.448. The number of esters is 1. The molecule has 27 heavy (non-hydrogen) atoms. The Morgan fingerprint density at radius 3 is 2.59 bits per heavy atom. The Labute approximate surface area is 162 Å². The second-order valence-electron chi connectivity index (χ2n) is 6.02. The highest BCUT2D eigenvalue weighted by atomic mass is 35.5. The number of carbonyl (C=O) groups excluding carboxylic acids is 3. The smallest absolute Gasteiger partial charge is 0.311 e. The van der Waals surface area contributed by atoms with E-state index in [9.17, 15) is 14.4 Å². The van der Waals surface area contributed by atoms with Gasteiger partial charge in [-0.05, 0) is 12.5 Å². The third-order valence-corrected chi connectivity index (χ3v) is 4.42. The summed E-state index contributed by atoms with van der Waals surface area (Å²) < 4.78 is 15.5. The van der Waals surface area contributed by atoms with Crippen molar-refractivity contribution in [3.8, 4) is 11.5 Å². The molecule has 0 aromatic heterocycles. The van der Waals surface area contributed by atoms with Crippen LogP contribution in [-0.2, 0) is 19.1 Å². The highest BCUT2D eigenvalue weighted by molar-refractivity contribution is 6.32. The van der Waals surface area contributed by atoms with E-state index in [0.717, 1.165) is 6.42 Å². The fourth-order valence-electron chi connectivity index (χ4n) is 2.72. The van der Waals surface area contributed by atoms with Gasteiger partial charge in [0.1, 0.15) is 11.5 Å². The van der Waals surface area contributed by atoms with Gasteiger partial charge in [-0.3, -0.25) is 14.4 Å². The summed E-state index contributed by atoms with van der Waals surface area (Å²) in [6, 6.07) is 3.14. The van der Waals surface area contributed by atoms with E-state index in [-0.39, 0.29) is 31.4 Å². The Morgan fingerprint density at radius 1 is 1.26 bits per heavy atom. The normalized spacial score (nSPS) is 16.2. The second kappa shape index (κ2) is 9.45. The van der Waals surface area contributed by atoms with Crippen molar-refractivity contribution in [2.75, 3.05) is 38.8 Å². The van der Waals surface area contributed by atoms with Gasteiger partial charge in [0.05, 0.1) is 30.8 Å². The lowest BCUT2D eigenvalue weighted by Crippen LogP contribution is -2.31. The molecule has 1 saturated heterocycles. The minimum atomic E-state index is -0.665. The van der Waals surface area contributed by atoms with Gasteiger partial charge < -0.3 is 24.4 Å².